The molecule has 0 unspecified atom stereocenters. The van der Waals surface area contributed by atoms with Gasteiger partial charge in [-0.25, -0.2) is 0 Å². The van der Waals surface area contributed by atoms with Crippen LogP contribution in [0.3, 0.4) is 0 Å². The zero-order valence-corrected chi connectivity index (χ0v) is 11.1. The molecule has 0 bridgehead atoms. The Morgan fingerprint density at radius 1 is 0.842 bits per heavy atom. The van der Waals surface area contributed by atoms with Crippen LogP contribution in [-0.2, 0) is 6.42 Å². The van der Waals surface area contributed by atoms with Gasteiger partial charge >= 0.3 is 0 Å². The lowest BCUT2D eigenvalue weighted by Crippen LogP contribution is -2.11. The summed E-state index contributed by atoms with van der Waals surface area (Å²) in [6.07, 6.45) is 0.927. The van der Waals surface area contributed by atoms with Gasteiger partial charge in [0.1, 0.15) is 0 Å². The fourth-order valence-electron chi connectivity index (χ4n) is 1.64. The quantitative estimate of drug-likeness (QED) is 0.731. The molecule has 6 nitrogen and oxygen atoms in total. The highest BCUT2D eigenvalue weighted by molar-refractivity contribution is 5.41. The normalized spacial score (nSPS) is 10.0. The minimum Gasteiger partial charge on any atom is -0.357 e. The van der Waals surface area contributed by atoms with E-state index < -0.39 is 0 Å². The molecule has 1 aromatic heterocycles. The van der Waals surface area contributed by atoms with Crippen molar-refractivity contribution < 1.29 is 0 Å². The summed E-state index contributed by atoms with van der Waals surface area (Å²) in [4.78, 5) is 12.6. The molecule has 0 amide bonds. The minimum atomic E-state index is 0.543. The molecule has 0 aliphatic rings. The number of hydrogen-bond acceptors (Lipinski definition) is 6. The number of anilines is 3. The van der Waals surface area contributed by atoms with Crippen LogP contribution in [0.4, 0.5) is 17.8 Å². The van der Waals surface area contributed by atoms with Crippen molar-refractivity contribution >= 4 is 17.8 Å². The lowest BCUT2D eigenvalue weighted by Gasteiger charge is -2.08. The van der Waals surface area contributed by atoms with Gasteiger partial charge in [-0.2, -0.15) is 15.0 Å². The predicted molar refractivity (Wildman–Crippen MR) is 77.6 cm³/mol. The fraction of sp³-hybridized carbons (Fsp3) is 0.308. The van der Waals surface area contributed by atoms with Crippen LogP contribution in [0.2, 0.25) is 0 Å². The molecule has 100 valence electrons. The Balaban J connectivity index is 1.95. The zero-order valence-electron chi connectivity index (χ0n) is 11.1. The molecule has 0 radical (unpaired) electrons. The molecule has 2 rings (SSSR count). The largest absolute Gasteiger partial charge is 0.357 e. The van der Waals surface area contributed by atoms with Crippen molar-refractivity contribution in [3.05, 3.63) is 35.9 Å². The maximum atomic E-state index is 4.25. The van der Waals surface area contributed by atoms with E-state index in [2.05, 4.69) is 43.0 Å². The molecule has 2 aromatic rings. The van der Waals surface area contributed by atoms with Crippen molar-refractivity contribution in [2.24, 2.45) is 0 Å². The van der Waals surface area contributed by atoms with Crippen LogP contribution < -0.4 is 16.0 Å². The van der Waals surface area contributed by atoms with E-state index in [0.717, 1.165) is 13.0 Å². The molecule has 1 heterocycles. The van der Waals surface area contributed by atoms with Crippen LogP contribution in [0.25, 0.3) is 0 Å². The van der Waals surface area contributed by atoms with Gasteiger partial charge in [0.2, 0.25) is 17.8 Å². The van der Waals surface area contributed by atoms with Crippen LogP contribution >= 0.6 is 0 Å². The standard InChI is InChI=1S/C13H18N6/c1-14-11-17-12(15-2)19-13(18-11)16-9-8-10-6-4-3-5-7-10/h3-7H,8-9H2,1-2H3,(H3,14,15,16,17,18,19). The molecular formula is C13H18N6. The summed E-state index contributed by atoms with van der Waals surface area (Å²) in [5.41, 5.74) is 1.28. The van der Waals surface area contributed by atoms with Crippen molar-refractivity contribution in [2.45, 2.75) is 6.42 Å². The second-order valence-electron chi connectivity index (χ2n) is 3.97. The van der Waals surface area contributed by atoms with Crippen molar-refractivity contribution in [2.75, 3.05) is 36.6 Å². The second-order valence-corrected chi connectivity index (χ2v) is 3.97. The molecule has 0 atom stereocenters. The molecule has 0 saturated heterocycles. The van der Waals surface area contributed by atoms with E-state index in [1.165, 1.54) is 5.56 Å². The first-order valence-electron chi connectivity index (χ1n) is 6.21. The molecule has 19 heavy (non-hydrogen) atoms. The second kappa shape index (κ2) is 6.53. The monoisotopic (exact) mass is 258 g/mol. The Hall–Kier alpha value is -2.37. The Kier molecular flexibility index (Phi) is 4.49. The first kappa shape index (κ1) is 13.1. The molecule has 6 heteroatoms. The highest BCUT2D eigenvalue weighted by atomic mass is 15.3. The number of nitrogens with one attached hydrogen (secondary N) is 3. The lowest BCUT2D eigenvalue weighted by atomic mass is 10.1. The number of aromatic nitrogens is 3. The third kappa shape index (κ3) is 3.80. The number of rotatable bonds is 6. The Labute approximate surface area is 112 Å². The maximum Gasteiger partial charge on any atom is 0.229 e. The molecule has 0 fully saturated rings. The average Bonchev–Trinajstić information content (AvgIpc) is 2.48. The molecule has 0 aliphatic carbocycles. The smallest absolute Gasteiger partial charge is 0.229 e. The van der Waals surface area contributed by atoms with E-state index in [9.17, 15) is 0 Å². The highest BCUT2D eigenvalue weighted by Gasteiger charge is 2.03. The third-order valence-corrected chi connectivity index (χ3v) is 2.62. The zero-order chi connectivity index (χ0) is 13.5. The van der Waals surface area contributed by atoms with Crippen molar-refractivity contribution in [3.63, 3.8) is 0 Å². The van der Waals surface area contributed by atoms with E-state index in [-0.39, 0.29) is 0 Å². The SMILES string of the molecule is CNc1nc(NC)nc(NCCc2ccccc2)n1. The van der Waals surface area contributed by atoms with Gasteiger partial charge in [-0.15, -0.1) is 0 Å². The van der Waals surface area contributed by atoms with Gasteiger partial charge in [-0.3, -0.25) is 0 Å². The van der Waals surface area contributed by atoms with Crippen molar-refractivity contribution in [3.8, 4) is 0 Å². The first-order chi connectivity index (χ1) is 9.31. The van der Waals surface area contributed by atoms with Crippen LogP contribution in [0.15, 0.2) is 30.3 Å². The molecule has 1 aromatic carbocycles. The van der Waals surface area contributed by atoms with E-state index in [1.54, 1.807) is 14.1 Å². The Bertz CT molecular complexity index is 492. The van der Waals surface area contributed by atoms with E-state index in [4.69, 9.17) is 0 Å². The summed E-state index contributed by atoms with van der Waals surface area (Å²) < 4.78 is 0. The minimum absolute atomic E-state index is 0.543. The van der Waals surface area contributed by atoms with Crippen LogP contribution in [0, 0.1) is 0 Å². The average molecular weight is 258 g/mol. The van der Waals surface area contributed by atoms with Gasteiger partial charge in [0, 0.05) is 20.6 Å². The number of nitrogens with zero attached hydrogens (tertiary/aromatic N) is 3. The summed E-state index contributed by atoms with van der Waals surface area (Å²) in [7, 11) is 3.56. The van der Waals surface area contributed by atoms with Gasteiger partial charge in [0.25, 0.3) is 0 Å². The lowest BCUT2D eigenvalue weighted by molar-refractivity contribution is 0.965. The number of benzene rings is 1. The van der Waals surface area contributed by atoms with Crippen molar-refractivity contribution in [1.29, 1.82) is 0 Å². The first-order valence-corrected chi connectivity index (χ1v) is 6.21. The van der Waals surface area contributed by atoms with E-state index >= 15 is 0 Å². The molecular weight excluding hydrogens is 240 g/mol. The van der Waals surface area contributed by atoms with Gasteiger partial charge in [-0.05, 0) is 12.0 Å². The molecule has 0 aliphatic heterocycles. The summed E-state index contributed by atoms with van der Waals surface area (Å²) in [6, 6.07) is 10.3. The summed E-state index contributed by atoms with van der Waals surface area (Å²) in [5.74, 6) is 1.66. The molecule has 0 spiro atoms. The van der Waals surface area contributed by atoms with Crippen LogP contribution in [0.1, 0.15) is 5.56 Å². The number of hydrogen-bond donors (Lipinski definition) is 3. The topological polar surface area (TPSA) is 74.8 Å². The van der Waals surface area contributed by atoms with Gasteiger partial charge < -0.3 is 16.0 Å². The summed E-state index contributed by atoms with van der Waals surface area (Å²) in [5, 5.41) is 9.02. The fourth-order valence-corrected chi connectivity index (χ4v) is 1.64. The summed E-state index contributed by atoms with van der Waals surface area (Å²) in [6.45, 7) is 0.778. The van der Waals surface area contributed by atoms with E-state index in [0.29, 0.717) is 17.8 Å². The maximum absolute atomic E-state index is 4.25. The molecule has 3 N–H and O–H groups in total. The van der Waals surface area contributed by atoms with Crippen LogP contribution in [-0.4, -0.2) is 35.6 Å². The van der Waals surface area contributed by atoms with Gasteiger partial charge in [0.15, 0.2) is 0 Å². The third-order valence-electron chi connectivity index (χ3n) is 2.62. The van der Waals surface area contributed by atoms with Gasteiger partial charge in [-0.1, -0.05) is 30.3 Å². The van der Waals surface area contributed by atoms with Crippen molar-refractivity contribution in [1.82, 2.24) is 15.0 Å². The summed E-state index contributed by atoms with van der Waals surface area (Å²) >= 11 is 0. The Morgan fingerprint density at radius 3 is 2.00 bits per heavy atom. The Morgan fingerprint density at radius 2 is 1.42 bits per heavy atom. The van der Waals surface area contributed by atoms with Gasteiger partial charge in [0.05, 0.1) is 0 Å². The highest BCUT2D eigenvalue weighted by Crippen LogP contribution is 2.08. The van der Waals surface area contributed by atoms with E-state index in [1.807, 2.05) is 18.2 Å². The molecule has 0 saturated carbocycles. The van der Waals surface area contributed by atoms with Crippen LogP contribution in [0.5, 0.6) is 0 Å². The predicted octanol–water partition coefficient (Wildman–Crippen LogP) is 1.61.